The maximum absolute atomic E-state index is 13.2. The van der Waals surface area contributed by atoms with Gasteiger partial charge in [-0.25, -0.2) is 4.39 Å². The second-order valence-electron chi connectivity index (χ2n) is 5.64. The Morgan fingerprint density at radius 2 is 1.83 bits per heavy atom. The minimum atomic E-state index is -1.35. The van der Waals surface area contributed by atoms with E-state index in [1.165, 1.54) is 22.9 Å². The molecule has 1 nitrogen and oxygen atoms in total. The number of aryl methyl sites for hydroxylation is 1. The fraction of sp³-hybridized carbons (Fsp3) is 0.267. The molecule has 0 spiro atoms. The van der Waals surface area contributed by atoms with E-state index in [0.717, 1.165) is 11.3 Å². The van der Waals surface area contributed by atoms with Gasteiger partial charge in [0.15, 0.2) is 0 Å². The lowest BCUT2D eigenvalue weighted by molar-refractivity contribution is 0.628. The third kappa shape index (κ3) is 2.67. The van der Waals surface area contributed by atoms with E-state index in [2.05, 4.69) is 37.6 Å². The molecule has 0 bridgehead atoms. The van der Waals surface area contributed by atoms with Crippen molar-refractivity contribution in [1.29, 1.82) is 0 Å². The number of aromatic nitrogens is 1. The molecule has 1 aromatic heterocycles. The van der Waals surface area contributed by atoms with Crippen molar-refractivity contribution in [2.24, 2.45) is 0 Å². The lowest BCUT2D eigenvalue weighted by Gasteiger charge is -2.19. The number of nitrogens with zero attached hydrogens (tertiary/aromatic N) is 1. The average molecular weight is 259 g/mol. The molecule has 94 valence electrons. The van der Waals surface area contributed by atoms with E-state index in [0.29, 0.717) is 0 Å². The Morgan fingerprint density at radius 3 is 2.39 bits per heavy atom. The van der Waals surface area contributed by atoms with Crippen LogP contribution in [0, 0.1) is 12.7 Å². The Labute approximate surface area is 109 Å². The summed E-state index contributed by atoms with van der Waals surface area (Å²) in [6.07, 6.45) is 1.96. The summed E-state index contributed by atoms with van der Waals surface area (Å²) in [4.78, 5) is 4.49. The van der Waals surface area contributed by atoms with Crippen LogP contribution in [-0.4, -0.2) is 13.1 Å². The number of pyridine rings is 1. The molecule has 18 heavy (non-hydrogen) atoms. The van der Waals surface area contributed by atoms with E-state index < -0.39 is 8.07 Å². The number of hydrogen-bond acceptors (Lipinski definition) is 1. The zero-order chi connectivity index (χ0) is 13.3. The van der Waals surface area contributed by atoms with E-state index in [4.69, 9.17) is 0 Å². The van der Waals surface area contributed by atoms with E-state index in [1.54, 1.807) is 6.07 Å². The number of benzene rings is 1. The fourth-order valence-corrected chi connectivity index (χ4v) is 3.85. The lowest BCUT2D eigenvalue weighted by Crippen LogP contribution is -2.39. The molecule has 2 rings (SSSR count). The number of hydrogen-bond donors (Lipinski definition) is 0. The zero-order valence-corrected chi connectivity index (χ0v) is 12.3. The van der Waals surface area contributed by atoms with Gasteiger partial charge in [-0.05, 0) is 35.9 Å². The third-order valence-electron chi connectivity index (χ3n) is 3.04. The van der Waals surface area contributed by atoms with Crippen molar-refractivity contribution < 1.29 is 4.39 Å². The standard InChI is InChI=1S/C15H18FNSi/c1-11-8-14(12-6-5-7-13(16)9-12)17-10-15(11)18(2,3)4/h5-10H,1-4H3. The van der Waals surface area contributed by atoms with Crippen LogP contribution in [0.1, 0.15) is 5.56 Å². The van der Waals surface area contributed by atoms with Crippen LogP contribution >= 0.6 is 0 Å². The summed E-state index contributed by atoms with van der Waals surface area (Å²) in [5.41, 5.74) is 2.93. The quantitative estimate of drug-likeness (QED) is 0.749. The van der Waals surface area contributed by atoms with Crippen molar-refractivity contribution in [3.8, 4) is 11.3 Å². The monoisotopic (exact) mass is 259 g/mol. The van der Waals surface area contributed by atoms with Crippen LogP contribution in [0.15, 0.2) is 36.5 Å². The molecule has 0 saturated carbocycles. The molecule has 0 aliphatic rings. The first-order valence-corrected chi connectivity index (χ1v) is 9.61. The highest BCUT2D eigenvalue weighted by Gasteiger charge is 2.19. The van der Waals surface area contributed by atoms with Gasteiger partial charge in [-0.2, -0.15) is 0 Å². The van der Waals surface area contributed by atoms with Crippen molar-refractivity contribution in [3.63, 3.8) is 0 Å². The molecule has 0 aliphatic heterocycles. The normalized spacial score (nSPS) is 11.6. The molecular weight excluding hydrogens is 241 g/mol. The van der Waals surface area contributed by atoms with Gasteiger partial charge in [-0.15, -0.1) is 0 Å². The first-order chi connectivity index (χ1) is 8.38. The van der Waals surface area contributed by atoms with Gasteiger partial charge in [0.2, 0.25) is 0 Å². The topological polar surface area (TPSA) is 12.9 Å². The van der Waals surface area contributed by atoms with Gasteiger partial charge in [0.25, 0.3) is 0 Å². The molecule has 2 aromatic rings. The van der Waals surface area contributed by atoms with E-state index in [-0.39, 0.29) is 5.82 Å². The minimum Gasteiger partial charge on any atom is -0.256 e. The second kappa shape index (κ2) is 4.65. The summed E-state index contributed by atoms with van der Waals surface area (Å²) in [7, 11) is -1.35. The Bertz CT molecular complexity index is 573. The minimum absolute atomic E-state index is 0.221. The Kier molecular flexibility index (Phi) is 3.35. The summed E-state index contributed by atoms with van der Waals surface area (Å²) in [5, 5.41) is 1.36. The third-order valence-corrected chi connectivity index (χ3v) is 5.18. The van der Waals surface area contributed by atoms with Crippen molar-refractivity contribution in [3.05, 3.63) is 47.9 Å². The van der Waals surface area contributed by atoms with Crippen LogP contribution in [0.5, 0.6) is 0 Å². The lowest BCUT2D eigenvalue weighted by atomic mass is 10.1. The van der Waals surface area contributed by atoms with Crippen LogP contribution < -0.4 is 5.19 Å². The summed E-state index contributed by atoms with van der Waals surface area (Å²) in [6, 6.07) is 8.64. The van der Waals surface area contributed by atoms with Crippen LogP contribution in [0.3, 0.4) is 0 Å². The molecule has 1 aromatic carbocycles. The summed E-state index contributed by atoms with van der Waals surface area (Å²) >= 11 is 0. The number of halogens is 1. The van der Waals surface area contributed by atoms with Crippen molar-refractivity contribution >= 4 is 13.3 Å². The van der Waals surface area contributed by atoms with Gasteiger partial charge in [-0.3, -0.25) is 4.98 Å². The summed E-state index contributed by atoms with van der Waals surface area (Å²) in [6.45, 7) is 9.02. The molecule has 0 N–H and O–H groups in total. The predicted molar refractivity (Wildman–Crippen MR) is 77.3 cm³/mol. The van der Waals surface area contributed by atoms with Crippen molar-refractivity contribution in [1.82, 2.24) is 4.98 Å². The molecule has 1 heterocycles. The summed E-state index contributed by atoms with van der Waals surface area (Å²) in [5.74, 6) is -0.221. The molecule has 0 aliphatic carbocycles. The molecule has 0 atom stereocenters. The van der Waals surface area contributed by atoms with Crippen LogP contribution in [0.4, 0.5) is 4.39 Å². The van der Waals surface area contributed by atoms with Gasteiger partial charge in [0.1, 0.15) is 5.82 Å². The number of rotatable bonds is 2. The van der Waals surface area contributed by atoms with E-state index >= 15 is 0 Å². The van der Waals surface area contributed by atoms with Crippen LogP contribution in [0.25, 0.3) is 11.3 Å². The highest BCUT2D eigenvalue weighted by molar-refractivity contribution is 6.89. The highest BCUT2D eigenvalue weighted by Crippen LogP contribution is 2.19. The molecule has 0 fully saturated rings. The summed E-state index contributed by atoms with van der Waals surface area (Å²) < 4.78 is 13.2. The van der Waals surface area contributed by atoms with Crippen molar-refractivity contribution in [2.75, 3.05) is 0 Å². The molecule has 0 amide bonds. The Morgan fingerprint density at radius 1 is 1.11 bits per heavy atom. The average Bonchev–Trinajstić information content (AvgIpc) is 2.27. The molecule has 0 saturated heterocycles. The predicted octanol–water partition coefficient (Wildman–Crippen LogP) is 3.74. The van der Waals surface area contributed by atoms with E-state index in [9.17, 15) is 4.39 Å². The van der Waals surface area contributed by atoms with Gasteiger partial charge < -0.3 is 0 Å². The first-order valence-electron chi connectivity index (χ1n) is 6.11. The largest absolute Gasteiger partial charge is 0.256 e. The molecular formula is C15H18FNSi. The fourth-order valence-electron chi connectivity index (χ4n) is 2.15. The molecule has 3 heteroatoms. The first kappa shape index (κ1) is 13.0. The van der Waals surface area contributed by atoms with Gasteiger partial charge in [0.05, 0.1) is 13.8 Å². The Hall–Kier alpha value is -1.48. The van der Waals surface area contributed by atoms with E-state index in [1.807, 2.05) is 12.3 Å². The van der Waals surface area contributed by atoms with Gasteiger partial charge >= 0.3 is 0 Å². The smallest absolute Gasteiger partial charge is 0.123 e. The second-order valence-corrected chi connectivity index (χ2v) is 10.7. The molecule has 0 unspecified atom stereocenters. The van der Waals surface area contributed by atoms with Gasteiger partial charge in [0, 0.05) is 11.8 Å². The van der Waals surface area contributed by atoms with Gasteiger partial charge in [-0.1, -0.05) is 31.8 Å². The van der Waals surface area contributed by atoms with Crippen LogP contribution in [-0.2, 0) is 0 Å². The SMILES string of the molecule is Cc1cc(-c2cccc(F)c2)ncc1[Si](C)(C)C. The maximum atomic E-state index is 13.2. The zero-order valence-electron chi connectivity index (χ0n) is 11.3. The van der Waals surface area contributed by atoms with Crippen LogP contribution in [0.2, 0.25) is 19.6 Å². The Balaban J connectivity index is 2.47. The highest BCUT2D eigenvalue weighted by atomic mass is 28.3. The van der Waals surface area contributed by atoms with Crippen molar-refractivity contribution in [2.45, 2.75) is 26.6 Å². The molecule has 0 radical (unpaired) electrons. The maximum Gasteiger partial charge on any atom is 0.123 e.